The van der Waals surface area contributed by atoms with Crippen molar-refractivity contribution < 1.29 is 23.1 Å². The number of carbonyl (C=O) groups excluding carboxylic acids is 2. The van der Waals surface area contributed by atoms with Crippen molar-refractivity contribution in [3.8, 4) is 0 Å². The van der Waals surface area contributed by atoms with Gasteiger partial charge in [0.15, 0.2) is 0 Å². The highest BCUT2D eigenvalue weighted by Gasteiger charge is 2.52. The molecule has 0 amide bonds. The molecule has 0 saturated heterocycles. The van der Waals surface area contributed by atoms with Gasteiger partial charge < -0.3 is 4.74 Å². The van der Waals surface area contributed by atoms with Crippen LogP contribution in [0.3, 0.4) is 0 Å². The highest BCUT2D eigenvalue weighted by molar-refractivity contribution is 6.06. The average Bonchev–Trinajstić information content (AvgIpc) is 2.28. The highest BCUT2D eigenvalue weighted by atomic mass is 19.3. The second-order valence-electron chi connectivity index (χ2n) is 5.60. The number of carbonyl (C=O) groups is 2. The van der Waals surface area contributed by atoms with Crippen molar-refractivity contribution in [2.75, 3.05) is 6.61 Å². The van der Waals surface area contributed by atoms with Crippen molar-refractivity contribution in [2.45, 2.75) is 52.4 Å². The number of hydrogen-bond acceptors (Lipinski definition) is 3. The van der Waals surface area contributed by atoms with E-state index in [2.05, 4.69) is 18.6 Å². The van der Waals surface area contributed by atoms with E-state index in [1.807, 2.05) is 0 Å². The molecule has 1 rings (SSSR count). The second kappa shape index (κ2) is 5.33. The molecule has 0 aliphatic heterocycles. The Kier molecular flexibility index (Phi) is 4.46. The van der Waals surface area contributed by atoms with Gasteiger partial charge in [0.05, 0.1) is 6.61 Å². The fraction of sp³-hybridized carbons (Fsp3) is 0.846. The van der Waals surface area contributed by atoms with Gasteiger partial charge in [-0.3, -0.25) is 4.79 Å². The molecule has 0 bridgehead atoms. The molecule has 0 atom stereocenters. The summed E-state index contributed by atoms with van der Waals surface area (Å²) in [7, 11) is 0. The maximum absolute atomic E-state index is 13.6. The average molecular weight is 262 g/mol. The first-order valence-electron chi connectivity index (χ1n) is 6.30. The monoisotopic (exact) mass is 262 g/mol. The van der Waals surface area contributed by atoms with Crippen LogP contribution >= 0.6 is 0 Å². The Bertz CT molecular complexity index is 327. The van der Waals surface area contributed by atoms with Crippen LogP contribution in [0, 0.1) is 11.3 Å². The fourth-order valence-electron chi connectivity index (χ4n) is 2.24. The molecule has 0 spiro atoms. The van der Waals surface area contributed by atoms with Gasteiger partial charge in [0.25, 0.3) is 0 Å². The van der Waals surface area contributed by atoms with Crippen LogP contribution in [0.2, 0.25) is 0 Å². The number of ketones is 1. The lowest BCUT2D eigenvalue weighted by molar-refractivity contribution is -0.179. The van der Waals surface area contributed by atoms with Gasteiger partial charge in [-0.05, 0) is 38.0 Å². The molecular formula is C13H20F2O3. The molecule has 1 saturated carbocycles. The normalized spacial score (nSPS) is 20.5. The molecule has 3 nitrogen and oxygen atoms in total. The minimum atomic E-state index is -4.00. The van der Waals surface area contributed by atoms with E-state index in [1.54, 1.807) is 0 Å². The fourth-order valence-corrected chi connectivity index (χ4v) is 2.24. The largest absolute Gasteiger partial charge is 0.461 e. The molecule has 18 heavy (non-hydrogen) atoms. The molecule has 0 aromatic rings. The van der Waals surface area contributed by atoms with Crippen molar-refractivity contribution in [2.24, 2.45) is 11.3 Å². The predicted octanol–water partition coefficient (Wildman–Crippen LogP) is 2.97. The summed E-state index contributed by atoms with van der Waals surface area (Å²) >= 11 is 0. The summed E-state index contributed by atoms with van der Waals surface area (Å²) in [6.07, 6.45) is 2.28. The summed E-state index contributed by atoms with van der Waals surface area (Å²) in [5.74, 6) is -7.73. The smallest absolute Gasteiger partial charge is 0.400 e. The van der Waals surface area contributed by atoms with E-state index in [9.17, 15) is 18.4 Å². The summed E-state index contributed by atoms with van der Waals surface area (Å²) in [4.78, 5) is 22.8. The minimum absolute atomic E-state index is 0.0932. The zero-order valence-corrected chi connectivity index (χ0v) is 11.1. The van der Waals surface area contributed by atoms with E-state index < -0.39 is 23.6 Å². The van der Waals surface area contributed by atoms with E-state index in [0.717, 1.165) is 12.8 Å². The van der Waals surface area contributed by atoms with Crippen molar-refractivity contribution >= 4 is 11.8 Å². The standard InChI is InChI=1S/C13H20F2O3/c1-4-18-11(17)13(14,15)10(16)9-5-7-12(2,3)8-6-9/h9H,4-8H2,1-3H3. The Hall–Kier alpha value is -1.00. The lowest BCUT2D eigenvalue weighted by Crippen LogP contribution is -2.44. The maximum atomic E-state index is 13.6. The molecule has 0 aromatic carbocycles. The van der Waals surface area contributed by atoms with Crippen molar-refractivity contribution in [3.63, 3.8) is 0 Å². The predicted molar refractivity (Wildman–Crippen MR) is 62.3 cm³/mol. The third-order valence-electron chi connectivity index (χ3n) is 3.55. The van der Waals surface area contributed by atoms with Crippen molar-refractivity contribution in [1.82, 2.24) is 0 Å². The number of hydrogen-bond donors (Lipinski definition) is 0. The molecule has 0 unspecified atom stereocenters. The quantitative estimate of drug-likeness (QED) is 0.578. The summed E-state index contributed by atoms with van der Waals surface area (Å²) in [6, 6.07) is 0. The van der Waals surface area contributed by atoms with E-state index in [1.165, 1.54) is 6.92 Å². The molecule has 0 N–H and O–H groups in total. The first-order chi connectivity index (χ1) is 8.20. The van der Waals surface area contributed by atoms with Gasteiger partial charge in [0, 0.05) is 5.92 Å². The lowest BCUT2D eigenvalue weighted by atomic mass is 9.71. The third kappa shape index (κ3) is 3.27. The number of Topliss-reactive ketones (excluding diaryl/α,β-unsaturated/α-hetero) is 1. The maximum Gasteiger partial charge on any atom is 0.400 e. The lowest BCUT2D eigenvalue weighted by Gasteiger charge is -2.34. The van der Waals surface area contributed by atoms with Crippen LogP contribution in [0.1, 0.15) is 46.5 Å². The SMILES string of the molecule is CCOC(=O)C(F)(F)C(=O)C1CCC(C)(C)CC1. The van der Waals surface area contributed by atoms with Crippen LogP contribution in [-0.2, 0) is 14.3 Å². The molecule has 0 aromatic heterocycles. The van der Waals surface area contributed by atoms with Gasteiger partial charge in [-0.2, -0.15) is 8.78 Å². The highest BCUT2D eigenvalue weighted by Crippen LogP contribution is 2.40. The molecule has 0 heterocycles. The molecule has 1 aliphatic carbocycles. The van der Waals surface area contributed by atoms with Crippen LogP contribution in [0.5, 0.6) is 0 Å². The van der Waals surface area contributed by atoms with Crippen LogP contribution < -0.4 is 0 Å². The summed E-state index contributed by atoms with van der Waals surface area (Å²) in [6.45, 7) is 5.38. The second-order valence-corrected chi connectivity index (χ2v) is 5.60. The number of rotatable bonds is 4. The Balaban J connectivity index is 2.67. The van der Waals surface area contributed by atoms with E-state index in [-0.39, 0.29) is 12.0 Å². The zero-order chi connectivity index (χ0) is 14.0. The van der Waals surface area contributed by atoms with Gasteiger partial charge in [0.2, 0.25) is 5.78 Å². The first-order valence-corrected chi connectivity index (χ1v) is 6.30. The van der Waals surface area contributed by atoms with Crippen LogP contribution in [0.25, 0.3) is 0 Å². The Morgan fingerprint density at radius 1 is 1.28 bits per heavy atom. The zero-order valence-electron chi connectivity index (χ0n) is 11.1. The van der Waals surface area contributed by atoms with Crippen LogP contribution in [0.4, 0.5) is 8.78 Å². The van der Waals surface area contributed by atoms with Crippen LogP contribution in [-0.4, -0.2) is 24.3 Å². The van der Waals surface area contributed by atoms with E-state index in [0.29, 0.717) is 12.8 Å². The number of halogens is 2. The summed E-state index contributed by atoms with van der Waals surface area (Å²) in [5.41, 5.74) is 0.0932. The topological polar surface area (TPSA) is 43.4 Å². The van der Waals surface area contributed by atoms with Gasteiger partial charge in [-0.15, -0.1) is 0 Å². The van der Waals surface area contributed by atoms with Crippen molar-refractivity contribution in [3.05, 3.63) is 0 Å². The van der Waals surface area contributed by atoms with Gasteiger partial charge >= 0.3 is 11.9 Å². The number of alkyl halides is 2. The summed E-state index contributed by atoms with van der Waals surface area (Å²) < 4.78 is 31.4. The Labute approximate surface area is 106 Å². The molecule has 5 heteroatoms. The number of ether oxygens (including phenoxy) is 1. The van der Waals surface area contributed by atoms with Gasteiger partial charge in [-0.1, -0.05) is 13.8 Å². The summed E-state index contributed by atoms with van der Waals surface area (Å²) in [5, 5.41) is 0. The molecule has 1 aliphatic rings. The minimum Gasteiger partial charge on any atom is -0.461 e. The Morgan fingerprint density at radius 3 is 2.22 bits per heavy atom. The number of esters is 1. The molecule has 1 fully saturated rings. The molecule has 104 valence electrons. The third-order valence-corrected chi connectivity index (χ3v) is 3.55. The van der Waals surface area contributed by atoms with Gasteiger partial charge in [-0.25, -0.2) is 4.79 Å². The Morgan fingerprint density at radius 2 is 1.78 bits per heavy atom. The van der Waals surface area contributed by atoms with E-state index >= 15 is 0 Å². The molecule has 0 radical (unpaired) electrons. The first kappa shape index (κ1) is 15.1. The molecular weight excluding hydrogens is 242 g/mol. The van der Waals surface area contributed by atoms with E-state index in [4.69, 9.17) is 0 Å². The van der Waals surface area contributed by atoms with Crippen LogP contribution in [0.15, 0.2) is 0 Å². The van der Waals surface area contributed by atoms with Crippen molar-refractivity contribution in [1.29, 1.82) is 0 Å². The van der Waals surface area contributed by atoms with Gasteiger partial charge in [0.1, 0.15) is 0 Å².